The van der Waals surface area contributed by atoms with Crippen LogP contribution in [0.25, 0.3) is 11.4 Å². The molecule has 0 atom stereocenters. The fraction of sp³-hybridized carbons (Fsp3) is 0.333. The van der Waals surface area contributed by atoms with Crippen LogP contribution in [0.2, 0.25) is 5.02 Å². The van der Waals surface area contributed by atoms with Crippen molar-refractivity contribution in [3.8, 4) is 11.4 Å². The molecular formula is C15H15ClIN3. The fourth-order valence-corrected chi connectivity index (χ4v) is 3.10. The molecule has 1 aliphatic rings. The minimum Gasteiger partial charge on any atom is -0.369 e. The Kier molecular flexibility index (Phi) is 4.12. The van der Waals surface area contributed by atoms with Gasteiger partial charge in [-0.25, -0.2) is 9.97 Å². The van der Waals surface area contributed by atoms with Crippen molar-refractivity contribution in [3.63, 3.8) is 0 Å². The molecule has 5 heteroatoms. The van der Waals surface area contributed by atoms with Crippen LogP contribution in [0.3, 0.4) is 0 Å². The smallest absolute Gasteiger partial charge is 0.161 e. The third-order valence-electron chi connectivity index (χ3n) is 3.29. The molecule has 0 aliphatic heterocycles. The third-order valence-corrected chi connectivity index (χ3v) is 4.60. The van der Waals surface area contributed by atoms with E-state index < -0.39 is 0 Å². The summed E-state index contributed by atoms with van der Waals surface area (Å²) in [7, 11) is 0. The van der Waals surface area contributed by atoms with E-state index in [2.05, 4.69) is 39.8 Å². The predicted molar refractivity (Wildman–Crippen MR) is 91.3 cm³/mol. The van der Waals surface area contributed by atoms with E-state index in [1.165, 1.54) is 18.5 Å². The summed E-state index contributed by atoms with van der Waals surface area (Å²) in [6.07, 6.45) is 2.47. The molecule has 0 saturated heterocycles. The third kappa shape index (κ3) is 2.91. The first-order valence-corrected chi connectivity index (χ1v) is 8.22. The van der Waals surface area contributed by atoms with E-state index in [1.54, 1.807) is 0 Å². The normalized spacial score (nSPS) is 14.3. The maximum atomic E-state index is 5.94. The number of halogens is 2. The summed E-state index contributed by atoms with van der Waals surface area (Å²) >= 11 is 8.30. The van der Waals surface area contributed by atoms with E-state index in [0.29, 0.717) is 5.92 Å². The SMILES string of the molecule is CCNc1nc(-c2ccc(Cl)cc2)nc(C2CC2)c1I. The highest BCUT2D eigenvalue weighted by atomic mass is 127. The van der Waals surface area contributed by atoms with Crippen molar-refractivity contribution in [1.82, 2.24) is 9.97 Å². The molecular weight excluding hydrogens is 385 g/mol. The van der Waals surface area contributed by atoms with Gasteiger partial charge in [-0.3, -0.25) is 0 Å². The molecule has 20 heavy (non-hydrogen) atoms. The second-order valence-electron chi connectivity index (χ2n) is 4.91. The maximum Gasteiger partial charge on any atom is 0.161 e. The average molecular weight is 400 g/mol. The first-order valence-electron chi connectivity index (χ1n) is 6.76. The van der Waals surface area contributed by atoms with Gasteiger partial charge >= 0.3 is 0 Å². The fourth-order valence-electron chi connectivity index (χ4n) is 2.10. The quantitative estimate of drug-likeness (QED) is 0.757. The predicted octanol–water partition coefficient (Wildman–Crippen LogP) is 4.71. The Balaban J connectivity index is 2.07. The van der Waals surface area contributed by atoms with Crippen LogP contribution in [0.1, 0.15) is 31.4 Å². The maximum absolute atomic E-state index is 5.94. The van der Waals surface area contributed by atoms with Gasteiger partial charge in [-0.15, -0.1) is 0 Å². The molecule has 1 heterocycles. The zero-order valence-electron chi connectivity index (χ0n) is 11.2. The molecule has 1 aliphatic carbocycles. The summed E-state index contributed by atoms with van der Waals surface area (Å²) < 4.78 is 1.16. The van der Waals surface area contributed by atoms with Crippen molar-refractivity contribution in [2.75, 3.05) is 11.9 Å². The summed E-state index contributed by atoms with van der Waals surface area (Å²) in [5, 5.41) is 4.07. The van der Waals surface area contributed by atoms with Gasteiger partial charge in [0.2, 0.25) is 0 Å². The number of nitrogens with zero attached hydrogens (tertiary/aromatic N) is 2. The minimum atomic E-state index is 0.605. The van der Waals surface area contributed by atoms with Gasteiger partial charge in [0.15, 0.2) is 5.82 Å². The topological polar surface area (TPSA) is 37.8 Å². The first-order chi connectivity index (χ1) is 9.69. The van der Waals surface area contributed by atoms with Crippen LogP contribution < -0.4 is 5.32 Å². The molecule has 0 bridgehead atoms. The summed E-state index contributed by atoms with van der Waals surface area (Å²) in [5.74, 6) is 2.32. The number of benzene rings is 1. The van der Waals surface area contributed by atoms with Gasteiger partial charge in [-0.05, 0) is 66.6 Å². The number of hydrogen-bond acceptors (Lipinski definition) is 3. The molecule has 3 rings (SSSR count). The lowest BCUT2D eigenvalue weighted by atomic mass is 10.2. The molecule has 1 N–H and O–H groups in total. The summed E-state index contributed by atoms with van der Waals surface area (Å²) in [6, 6.07) is 7.69. The van der Waals surface area contributed by atoms with Crippen LogP contribution in [0.4, 0.5) is 5.82 Å². The van der Waals surface area contributed by atoms with Gasteiger partial charge in [0.1, 0.15) is 5.82 Å². The van der Waals surface area contributed by atoms with Crippen LogP contribution in [0, 0.1) is 3.57 Å². The van der Waals surface area contributed by atoms with Crippen LogP contribution in [-0.2, 0) is 0 Å². The largest absolute Gasteiger partial charge is 0.369 e. The number of rotatable bonds is 4. The molecule has 1 saturated carbocycles. The van der Waals surface area contributed by atoms with Crippen LogP contribution >= 0.6 is 34.2 Å². The Morgan fingerprint density at radius 3 is 2.55 bits per heavy atom. The van der Waals surface area contributed by atoms with Gasteiger partial charge in [-0.2, -0.15) is 0 Å². The zero-order valence-corrected chi connectivity index (χ0v) is 14.1. The standard InChI is InChI=1S/C15H15ClIN3/c1-2-18-15-12(17)13(9-3-4-9)19-14(20-15)10-5-7-11(16)8-6-10/h5-9H,2-4H2,1H3,(H,18,19,20). The highest BCUT2D eigenvalue weighted by Gasteiger charge is 2.29. The minimum absolute atomic E-state index is 0.605. The molecule has 0 spiro atoms. The molecule has 3 nitrogen and oxygen atoms in total. The summed E-state index contributed by atoms with van der Waals surface area (Å²) in [4.78, 5) is 9.44. The van der Waals surface area contributed by atoms with Crippen molar-refractivity contribution in [1.29, 1.82) is 0 Å². The Morgan fingerprint density at radius 2 is 1.95 bits per heavy atom. The number of nitrogens with one attached hydrogen (secondary N) is 1. The van der Waals surface area contributed by atoms with E-state index in [4.69, 9.17) is 16.6 Å². The van der Waals surface area contributed by atoms with Crippen LogP contribution in [-0.4, -0.2) is 16.5 Å². The highest BCUT2D eigenvalue weighted by Crippen LogP contribution is 2.42. The lowest BCUT2D eigenvalue weighted by molar-refractivity contribution is 0.972. The Bertz CT molecular complexity index is 624. The van der Waals surface area contributed by atoms with Gasteiger partial charge < -0.3 is 5.32 Å². The number of aromatic nitrogens is 2. The van der Waals surface area contributed by atoms with Gasteiger partial charge in [0.05, 0.1) is 9.26 Å². The van der Waals surface area contributed by atoms with Crippen molar-refractivity contribution in [3.05, 3.63) is 38.6 Å². The summed E-state index contributed by atoms with van der Waals surface area (Å²) in [6.45, 7) is 2.94. The van der Waals surface area contributed by atoms with Crippen LogP contribution in [0.5, 0.6) is 0 Å². The lowest BCUT2D eigenvalue weighted by Crippen LogP contribution is -2.07. The van der Waals surface area contributed by atoms with Crippen molar-refractivity contribution < 1.29 is 0 Å². The monoisotopic (exact) mass is 399 g/mol. The Hall–Kier alpha value is -0.880. The number of hydrogen-bond donors (Lipinski definition) is 1. The van der Waals surface area contributed by atoms with Gasteiger partial charge in [-0.1, -0.05) is 11.6 Å². The second-order valence-corrected chi connectivity index (χ2v) is 6.42. The molecule has 1 fully saturated rings. The van der Waals surface area contributed by atoms with Crippen molar-refractivity contribution >= 4 is 40.0 Å². The molecule has 0 unspecified atom stereocenters. The van der Waals surface area contributed by atoms with Crippen molar-refractivity contribution in [2.45, 2.75) is 25.7 Å². The van der Waals surface area contributed by atoms with E-state index in [-0.39, 0.29) is 0 Å². The molecule has 0 radical (unpaired) electrons. The average Bonchev–Trinajstić information content (AvgIpc) is 3.27. The second kappa shape index (κ2) is 5.85. The van der Waals surface area contributed by atoms with Gasteiger partial charge in [0, 0.05) is 23.0 Å². The molecule has 2 aromatic rings. The lowest BCUT2D eigenvalue weighted by Gasteiger charge is -2.12. The highest BCUT2D eigenvalue weighted by molar-refractivity contribution is 14.1. The van der Waals surface area contributed by atoms with Gasteiger partial charge in [0.25, 0.3) is 0 Å². The first kappa shape index (κ1) is 14.1. The molecule has 1 aromatic carbocycles. The van der Waals surface area contributed by atoms with E-state index in [0.717, 1.165) is 32.3 Å². The van der Waals surface area contributed by atoms with Crippen LogP contribution in [0.15, 0.2) is 24.3 Å². The van der Waals surface area contributed by atoms with E-state index >= 15 is 0 Å². The molecule has 1 aromatic heterocycles. The summed E-state index contributed by atoms with van der Waals surface area (Å²) in [5.41, 5.74) is 2.19. The molecule has 104 valence electrons. The van der Waals surface area contributed by atoms with E-state index in [9.17, 15) is 0 Å². The zero-order chi connectivity index (χ0) is 14.1. The molecule has 0 amide bonds. The number of anilines is 1. The Morgan fingerprint density at radius 1 is 1.25 bits per heavy atom. The Labute approximate surface area is 137 Å². The van der Waals surface area contributed by atoms with Crippen molar-refractivity contribution in [2.24, 2.45) is 0 Å². The van der Waals surface area contributed by atoms with E-state index in [1.807, 2.05) is 24.3 Å².